The lowest BCUT2D eigenvalue weighted by atomic mass is 10.1. The van der Waals surface area contributed by atoms with Crippen molar-refractivity contribution in [2.75, 3.05) is 5.32 Å². The number of anilines is 1. The summed E-state index contributed by atoms with van der Waals surface area (Å²) in [6.07, 6.45) is 1.55. The lowest BCUT2D eigenvalue weighted by molar-refractivity contribution is 0.420. The molecule has 0 spiro atoms. The topological polar surface area (TPSA) is 38.1 Å². The maximum atomic E-state index is 4.65. The van der Waals surface area contributed by atoms with Crippen molar-refractivity contribution >= 4 is 5.82 Å². The first-order valence-corrected chi connectivity index (χ1v) is 3.26. The zero-order valence-electron chi connectivity index (χ0n) is 6.51. The van der Waals surface area contributed by atoms with Crippen LogP contribution in [0.1, 0.15) is 20.8 Å². The van der Waals surface area contributed by atoms with Crippen molar-refractivity contribution in [1.29, 1.82) is 0 Å². The van der Waals surface area contributed by atoms with Gasteiger partial charge in [-0.2, -0.15) is 0 Å². The Labute approximate surface area is 60.4 Å². The summed E-state index contributed by atoms with van der Waals surface area (Å²) < 4.78 is 4.65. The molecule has 3 nitrogen and oxygen atoms in total. The highest BCUT2D eigenvalue weighted by atomic mass is 16.5. The van der Waals surface area contributed by atoms with Crippen molar-refractivity contribution in [1.82, 2.24) is 5.16 Å². The molecule has 3 heteroatoms. The molecule has 0 fully saturated rings. The number of rotatable bonds is 1. The third-order valence-electron chi connectivity index (χ3n) is 0.941. The second kappa shape index (κ2) is 2.33. The van der Waals surface area contributed by atoms with Crippen molar-refractivity contribution in [3.05, 3.63) is 12.3 Å². The normalized spacial score (nSPS) is 11.5. The summed E-state index contributed by atoms with van der Waals surface area (Å²) in [6, 6.07) is 1.80. The first kappa shape index (κ1) is 7.12. The van der Waals surface area contributed by atoms with Crippen molar-refractivity contribution < 1.29 is 4.52 Å². The summed E-state index contributed by atoms with van der Waals surface area (Å²) in [5, 5.41) is 6.87. The van der Waals surface area contributed by atoms with E-state index >= 15 is 0 Å². The molecule has 0 atom stereocenters. The van der Waals surface area contributed by atoms with E-state index in [1.54, 1.807) is 12.3 Å². The number of aromatic nitrogens is 1. The van der Waals surface area contributed by atoms with Crippen LogP contribution in [0.4, 0.5) is 5.82 Å². The highest BCUT2D eigenvalue weighted by molar-refractivity contribution is 5.33. The van der Waals surface area contributed by atoms with E-state index in [4.69, 9.17) is 0 Å². The fourth-order valence-electron chi connectivity index (χ4n) is 0.661. The number of nitrogens with zero attached hydrogens (tertiary/aromatic N) is 1. The van der Waals surface area contributed by atoms with Gasteiger partial charge in [-0.3, -0.25) is 0 Å². The smallest absolute Gasteiger partial charge is 0.169 e. The second-order valence-electron chi connectivity index (χ2n) is 3.26. The van der Waals surface area contributed by atoms with Crippen molar-refractivity contribution in [3.8, 4) is 0 Å². The van der Waals surface area contributed by atoms with Crippen LogP contribution in [-0.2, 0) is 0 Å². The molecule has 0 saturated heterocycles. The minimum Gasteiger partial charge on any atom is -0.363 e. The molecule has 10 heavy (non-hydrogen) atoms. The third-order valence-corrected chi connectivity index (χ3v) is 0.941. The molecule has 1 rings (SSSR count). The van der Waals surface area contributed by atoms with Gasteiger partial charge in [-0.25, -0.2) is 0 Å². The van der Waals surface area contributed by atoms with Crippen LogP contribution < -0.4 is 5.32 Å². The maximum Gasteiger partial charge on any atom is 0.169 e. The summed E-state index contributed by atoms with van der Waals surface area (Å²) in [6.45, 7) is 6.21. The summed E-state index contributed by atoms with van der Waals surface area (Å²) in [5.41, 5.74) is 0.0525. The minimum atomic E-state index is 0.0525. The van der Waals surface area contributed by atoms with Gasteiger partial charge < -0.3 is 9.84 Å². The van der Waals surface area contributed by atoms with Crippen LogP contribution in [0.3, 0.4) is 0 Å². The Morgan fingerprint density at radius 2 is 2.20 bits per heavy atom. The molecule has 0 aliphatic heterocycles. The molecule has 0 bridgehead atoms. The average molecular weight is 140 g/mol. The number of hydrogen-bond acceptors (Lipinski definition) is 3. The minimum absolute atomic E-state index is 0.0525. The van der Waals surface area contributed by atoms with Gasteiger partial charge >= 0.3 is 0 Å². The molecular weight excluding hydrogens is 128 g/mol. The maximum absolute atomic E-state index is 4.65. The van der Waals surface area contributed by atoms with Crippen LogP contribution >= 0.6 is 0 Å². The Hall–Kier alpha value is -0.990. The molecular formula is C7H12N2O. The van der Waals surface area contributed by atoms with Crippen LogP contribution in [-0.4, -0.2) is 10.7 Å². The molecule has 0 aliphatic carbocycles. The van der Waals surface area contributed by atoms with E-state index in [9.17, 15) is 0 Å². The van der Waals surface area contributed by atoms with E-state index in [1.165, 1.54) is 0 Å². The summed E-state index contributed by atoms with van der Waals surface area (Å²) in [5.74, 6) is 0.785. The summed E-state index contributed by atoms with van der Waals surface area (Å²) >= 11 is 0. The molecule has 0 aliphatic rings. The van der Waals surface area contributed by atoms with E-state index in [0.717, 1.165) is 5.82 Å². The van der Waals surface area contributed by atoms with Crippen molar-refractivity contribution in [2.45, 2.75) is 26.3 Å². The van der Waals surface area contributed by atoms with Crippen LogP contribution in [0.25, 0.3) is 0 Å². The highest BCUT2D eigenvalue weighted by Crippen LogP contribution is 2.10. The Bertz CT molecular complexity index is 186. The molecule has 0 aromatic carbocycles. The molecule has 0 saturated carbocycles. The lowest BCUT2D eigenvalue weighted by Crippen LogP contribution is -2.26. The highest BCUT2D eigenvalue weighted by Gasteiger charge is 2.09. The van der Waals surface area contributed by atoms with Crippen LogP contribution in [0, 0.1) is 0 Å². The van der Waals surface area contributed by atoms with E-state index in [-0.39, 0.29) is 5.54 Å². The monoisotopic (exact) mass is 140 g/mol. The zero-order chi connectivity index (χ0) is 7.61. The second-order valence-corrected chi connectivity index (χ2v) is 3.26. The van der Waals surface area contributed by atoms with Gasteiger partial charge in [-0.05, 0) is 20.8 Å². The molecule has 0 unspecified atom stereocenters. The average Bonchev–Trinajstić information content (AvgIpc) is 2.12. The standard InChI is InChI=1S/C7H12N2O/c1-7(2,3)8-6-4-5-10-9-6/h4-5H,1-3H3,(H,8,9). The van der Waals surface area contributed by atoms with Gasteiger partial charge in [0.25, 0.3) is 0 Å². The van der Waals surface area contributed by atoms with Gasteiger partial charge in [0.15, 0.2) is 5.82 Å². The molecule has 1 aromatic rings. The quantitative estimate of drug-likeness (QED) is 0.647. The molecule has 0 radical (unpaired) electrons. The molecule has 0 amide bonds. The van der Waals surface area contributed by atoms with Crippen molar-refractivity contribution in [2.24, 2.45) is 0 Å². The van der Waals surface area contributed by atoms with E-state index in [0.29, 0.717) is 0 Å². The first-order chi connectivity index (χ1) is 4.58. The summed E-state index contributed by atoms with van der Waals surface area (Å²) in [4.78, 5) is 0. The third kappa shape index (κ3) is 2.09. The first-order valence-electron chi connectivity index (χ1n) is 3.26. The van der Waals surface area contributed by atoms with E-state index in [2.05, 4.69) is 35.8 Å². The Kier molecular flexibility index (Phi) is 1.66. The SMILES string of the molecule is CC(C)(C)Nc1ccon1. The van der Waals surface area contributed by atoms with Gasteiger partial charge in [0, 0.05) is 11.6 Å². The van der Waals surface area contributed by atoms with Crippen molar-refractivity contribution in [3.63, 3.8) is 0 Å². The number of hydrogen-bond donors (Lipinski definition) is 1. The van der Waals surface area contributed by atoms with E-state index < -0.39 is 0 Å². The Morgan fingerprint density at radius 1 is 1.50 bits per heavy atom. The van der Waals surface area contributed by atoms with Gasteiger partial charge in [-0.15, -0.1) is 0 Å². The van der Waals surface area contributed by atoms with Gasteiger partial charge in [0.2, 0.25) is 0 Å². The fourth-order valence-corrected chi connectivity index (χ4v) is 0.661. The van der Waals surface area contributed by atoms with Crippen LogP contribution in [0.15, 0.2) is 16.9 Å². The predicted molar refractivity (Wildman–Crippen MR) is 39.9 cm³/mol. The van der Waals surface area contributed by atoms with Crippen LogP contribution in [0.2, 0.25) is 0 Å². The zero-order valence-corrected chi connectivity index (χ0v) is 6.51. The largest absolute Gasteiger partial charge is 0.363 e. The Balaban J connectivity index is 2.57. The predicted octanol–water partition coefficient (Wildman–Crippen LogP) is 1.88. The lowest BCUT2D eigenvalue weighted by Gasteiger charge is -2.19. The van der Waals surface area contributed by atoms with Gasteiger partial charge in [0.05, 0.1) is 0 Å². The van der Waals surface area contributed by atoms with Gasteiger partial charge in [0.1, 0.15) is 6.26 Å². The molecule has 1 aromatic heterocycles. The molecule has 56 valence electrons. The number of nitrogens with one attached hydrogen (secondary N) is 1. The van der Waals surface area contributed by atoms with E-state index in [1.807, 2.05) is 0 Å². The molecule has 1 heterocycles. The fraction of sp³-hybridized carbons (Fsp3) is 0.571. The summed E-state index contributed by atoms with van der Waals surface area (Å²) in [7, 11) is 0. The van der Waals surface area contributed by atoms with Gasteiger partial charge in [-0.1, -0.05) is 5.16 Å². The molecule has 1 N–H and O–H groups in total. The Morgan fingerprint density at radius 3 is 2.60 bits per heavy atom. The van der Waals surface area contributed by atoms with Crippen LogP contribution in [0.5, 0.6) is 0 Å².